The predicted octanol–water partition coefficient (Wildman–Crippen LogP) is 4.08. The Hall–Kier alpha value is -2.53. The van der Waals surface area contributed by atoms with Gasteiger partial charge in [0.15, 0.2) is 0 Å². The van der Waals surface area contributed by atoms with E-state index in [-0.39, 0.29) is 0 Å². The summed E-state index contributed by atoms with van der Waals surface area (Å²) in [4.78, 5) is 18.0. The Morgan fingerprint density at radius 3 is 1.50 bits per heavy atom. The zero-order chi connectivity index (χ0) is 25.2. The molecule has 1 rings (SSSR count). The van der Waals surface area contributed by atoms with E-state index in [0.717, 1.165) is 6.42 Å². The van der Waals surface area contributed by atoms with Crippen LogP contribution >= 0.6 is 0 Å². The van der Waals surface area contributed by atoms with Crippen LogP contribution in [0.3, 0.4) is 0 Å². The molecular weight excluding hydrogens is 448 g/mol. The number of aromatic nitrogens is 3. The summed E-state index contributed by atoms with van der Waals surface area (Å²) >= 11 is 0. The Morgan fingerprint density at radius 2 is 1.15 bits per heavy atom. The molecule has 1 aromatic heterocycles. The van der Waals surface area contributed by atoms with Gasteiger partial charge in [0.1, 0.15) is 0 Å². The van der Waals surface area contributed by atoms with Crippen LogP contribution in [0.2, 0.25) is 6.04 Å². The molecule has 0 saturated heterocycles. The lowest BCUT2D eigenvalue weighted by Crippen LogP contribution is -2.46. The van der Waals surface area contributed by atoms with Crippen molar-refractivity contribution in [2.45, 2.75) is 33.2 Å². The van der Waals surface area contributed by atoms with Crippen molar-refractivity contribution in [1.82, 2.24) is 15.0 Å². The van der Waals surface area contributed by atoms with E-state index in [0.29, 0.717) is 76.4 Å². The van der Waals surface area contributed by atoms with Gasteiger partial charge in [-0.05, 0) is 27.2 Å². The van der Waals surface area contributed by atoms with Crippen molar-refractivity contribution < 1.29 is 13.3 Å². The third kappa shape index (κ3) is 9.76. The second-order valence-corrected chi connectivity index (χ2v) is 9.97. The molecule has 0 fully saturated rings. The second kappa shape index (κ2) is 17.0. The van der Waals surface area contributed by atoms with Gasteiger partial charge in [-0.15, -0.1) is 26.3 Å². The van der Waals surface area contributed by atoms with Crippen LogP contribution in [-0.4, -0.2) is 76.3 Å². The molecule has 190 valence electrons. The van der Waals surface area contributed by atoms with E-state index in [2.05, 4.69) is 41.6 Å². The highest BCUT2D eigenvalue weighted by Crippen LogP contribution is 2.20. The summed E-state index contributed by atoms with van der Waals surface area (Å²) in [6.45, 7) is 25.9. The molecule has 1 N–H and O–H groups in total. The Kier molecular flexibility index (Phi) is 14.7. The number of hydrogen-bond acceptors (Lipinski definition) is 9. The van der Waals surface area contributed by atoms with Gasteiger partial charge in [0.25, 0.3) is 0 Å². The average Bonchev–Trinajstić information content (AvgIpc) is 2.82. The van der Waals surface area contributed by atoms with E-state index < -0.39 is 8.80 Å². The Labute approximate surface area is 206 Å². The fraction of sp³-hybridized carbons (Fsp3) is 0.542. The lowest BCUT2D eigenvalue weighted by atomic mass is 10.4. The van der Waals surface area contributed by atoms with Crippen molar-refractivity contribution in [1.29, 1.82) is 0 Å². The van der Waals surface area contributed by atoms with Crippen LogP contribution in [0.25, 0.3) is 0 Å². The van der Waals surface area contributed by atoms with Crippen molar-refractivity contribution in [2.75, 3.05) is 67.7 Å². The minimum atomic E-state index is -2.69. The quantitative estimate of drug-likeness (QED) is 0.156. The van der Waals surface area contributed by atoms with Crippen molar-refractivity contribution in [3.63, 3.8) is 0 Å². The molecule has 34 heavy (non-hydrogen) atoms. The molecule has 0 aliphatic carbocycles. The lowest BCUT2D eigenvalue weighted by molar-refractivity contribution is 0.0710. The normalized spacial score (nSPS) is 11.0. The van der Waals surface area contributed by atoms with E-state index >= 15 is 0 Å². The van der Waals surface area contributed by atoms with E-state index in [1.807, 2.05) is 54.9 Å². The lowest BCUT2D eigenvalue weighted by Gasteiger charge is -2.28. The van der Waals surface area contributed by atoms with Crippen LogP contribution in [0.5, 0.6) is 0 Å². The molecule has 0 aliphatic heterocycles. The summed E-state index contributed by atoms with van der Waals surface area (Å²) in [5.41, 5.74) is 0. The summed E-state index contributed by atoms with van der Waals surface area (Å²) < 4.78 is 17.8. The maximum Gasteiger partial charge on any atom is 0.500 e. The summed E-state index contributed by atoms with van der Waals surface area (Å²) in [7, 11) is -2.69. The van der Waals surface area contributed by atoms with Crippen molar-refractivity contribution in [2.24, 2.45) is 0 Å². The number of rotatable bonds is 21. The number of anilines is 3. The minimum Gasteiger partial charge on any atom is -0.374 e. The third-order valence-corrected chi connectivity index (χ3v) is 7.76. The monoisotopic (exact) mass is 490 g/mol. The van der Waals surface area contributed by atoms with Crippen molar-refractivity contribution in [3.05, 3.63) is 50.6 Å². The Bertz CT molecular complexity index is 685. The molecule has 1 aromatic rings. The molecule has 0 atom stereocenters. The topological polar surface area (TPSA) is 84.9 Å². The maximum absolute atomic E-state index is 5.95. The highest BCUT2D eigenvalue weighted by Gasteiger charge is 2.39. The average molecular weight is 491 g/mol. The number of hydrogen-bond donors (Lipinski definition) is 1. The summed E-state index contributed by atoms with van der Waals surface area (Å²) in [5.74, 6) is 1.59. The van der Waals surface area contributed by atoms with Gasteiger partial charge in [-0.1, -0.05) is 24.3 Å². The molecular formula is C24H42N6O3Si. The standard InChI is InChI=1S/C24H42N6O3Si/c1-8-17-29(18-9-2)23-26-22(27-24(28-23)30(19-10-3)20-11-4)25-16-15-21-34(31-12-5,32-13-6)33-14-7/h8-11H,1-4,12-21H2,5-7H3,(H,25,26,27,28). The fourth-order valence-electron chi connectivity index (χ4n) is 3.32. The van der Waals surface area contributed by atoms with Gasteiger partial charge in [0, 0.05) is 58.6 Å². The van der Waals surface area contributed by atoms with E-state index in [9.17, 15) is 0 Å². The first-order valence-electron chi connectivity index (χ1n) is 11.9. The summed E-state index contributed by atoms with van der Waals surface area (Å²) in [5, 5.41) is 3.34. The van der Waals surface area contributed by atoms with Gasteiger partial charge in [0.05, 0.1) is 0 Å². The smallest absolute Gasteiger partial charge is 0.374 e. The fourth-order valence-corrected chi connectivity index (χ4v) is 5.93. The first kappa shape index (κ1) is 29.5. The Balaban J connectivity index is 3.10. The van der Waals surface area contributed by atoms with Crippen LogP contribution in [0.4, 0.5) is 17.8 Å². The first-order valence-corrected chi connectivity index (χ1v) is 13.8. The zero-order valence-electron chi connectivity index (χ0n) is 21.2. The second-order valence-electron chi connectivity index (χ2n) is 7.24. The van der Waals surface area contributed by atoms with Gasteiger partial charge in [-0.3, -0.25) is 0 Å². The molecule has 0 amide bonds. The van der Waals surface area contributed by atoms with Crippen molar-refractivity contribution in [3.8, 4) is 0 Å². The number of nitrogens with one attached hydrogen (secondary N) is 1. The highest BCUT2D eigenvalue weighted by molar-refractivity contribution is 6.60. The first-order chi connectivity index (χ1) is 16.5. The van der Waals surface area contributed by atoms with Gasteiger partial charge in [-0.25, -0.2) is 0 Å². The molecule has 1 heterocycles. The maximum atomic E-state index is 5.95. The molecule has 10 heteroatoms. The highest BCUT2D eigenvalue weighted by atomic mass is 28.4. The molecule has 0 aliphatic rings. The van der Waals surface area contributed by atoms with Gasteiger partial charge in [-0.2, -0.15) is 15.0 Å². The molecule has 0 radical (unpaired) electrons. The van der Waals surface area contributed by atoms with Crippen LogP contribution in [0.1, 0.15) is 27.2 Å². The van der Waals surface area contributed by atoms with Crippen LogP contribution < -0.4 is 15.1 Å². The van der Waals surface area contributed by atoms with E-state index in [1.54, 1.807) is 0 Å². The molecule has 0 unspecified atom stereocenters. The van der Waals surface area contributed by atoms with Crippen LogP contribution in [0, 0.1) is 0 Å². The summed E-state index contributed by atoms with van der Waals surface area (Å²) in [6.07, 6.45) is 8.03. The van der Waals surface area contributed by atoms with Gasteiger partial charge in [0.2, 0.25) is 17.8 Å². The predicted molar refractivity (Wildman–Crippen MR) is 144 cm³/mol. The SMILES string of the molecule is C=CCN(CC=C)c1nc(NCCC[Si](OCC)(OCC)OCC)nc(N(CC=C)CC=C)n1. The third-order valence-electron chi connectivity index (χ3n) is 4.61. The van der Waals surface area contributed by atoms with Crippen LogP contribution in [-0.2, 0) is 13.3 Å². The number of nitrogens with zero attached hydrogens (tertiary/aromatic N) is 5. The molecule has 9 nitrogen and oxygen atoms in total. The molecule has 0 spiro atoms. The van der Waals surface area contributed by atoms with E-state index in [4.69, 9.17) is 18.3 Å². The molecule has 0 aromatic carbocycles. The van der Waals surface area contributed by atoms with Gasteiger partial charge >= 0.3 is 8.80 Å². The molecule has 0 bridgehead atoms. The Morgan fingerprint density at radius 1 is 0.735 bits per heavy atom. The molecule has 0 saturated carbocycles. The van der Waals surface area contributed by atoms with E-state index in [1.165, 1.54) is 0 Å². The van der Waals surface area contributed by atoms with Crippen molar-refractivity contribution >= 4 is 26.6 Å². The summed E-state index contributed by atoms with van der Waals surface area (Å²) in [6, 6.07) is 0.707. The van der Waals surface area contributed by atoms with Gasteiger partial charge < -0.3 is 28.4 Å². The minimum absolute atomic E-state index is 0.493. The largest absolute Gasteiger partial charge is 0.500 e. The van der Waals surface area contributed by atoms with Crippen LogP contribution in [0.15, 0.2) is 50.6 Å². The zero-order valence-corrected chi connectivity index (χ0v) is 22.2.